The van der Waals surface area contributed by atoms with Crippen LogP contribution < -0.4 is 10.1 Å². The lowest BCUT2D eigenvalue weighted by atomic mass is 9.98. The number of rotatable bonds is 4. The molecule has 0 aliphatic carbocycles. The van der Waals surface area contributed by atoms with Crippen LogP contribution in [0.4, 0.5) is 4.79 Å². The third-order valence-corrected chi connectivity index (χ3v) is 3.72. The van der Waals surface area contributed by atoms with E-state index in [1.807, 2.05) is 0 Å². The van der Waals surface area contributed by atoms with E-state index in [4.69, 9.17) is 4.74 Å². The van der Waals surface area contributed by atoms with Gasteiger partial charge in [0.2, 0.25) is 5.88 Å². The third kappa shape index (κ3) is 2.48. The van der Waals surface area contributed by atoms with Crippen LogP contribution in [0.5, 0.6) is 5.88 Å². The molecule has 118 valence electrons. The predicted octanol–water partition coefficient (Wildman–Crippen LogP) is 0.847. The van der Waals surface area contributed by atoms with E-state index < -0.39 is 17.5 Å². The minimum atomic E-state index is -1.24. The number of methoxy groups -OCH3 is 1. The molecule has 1 aliphatic rings. The van der Waals surface area contributed by atoms with Crippen molar-refractivity contribution >= 4 is 11.9 Å². The number of aromatic nitrogens is 3. The van der Waals surface area contributed by atoms with E-state index in [2.05, 4.69) is 20.3 Å². The van der Waals surface area contributed by atoms with Crippen molar-refractivity contribution in [3.05, 3.63) is 48.2 Å². The second kappa shape index (κ2) is 5.64. The number of pyridine rings is 1. The molecule has 1 aliphatic heterocycles. The third-order valence-electron chi connectivity index (χ3n) is 3.72. The fourth-order valence-corrected chi connectivity index (χ4v) is 2.47. The van der Waals surface area contributed by atoms with Crippen molar-refractivity contribution in [2.45, 2.75) is 19.0 Å². The second-order valence-electron chi connectivity index (χ2n) is 5.21. The number of amides is 3. The summed E-state index contributed by atoms with van der Waals surface area (Å²) in [6.07, 6.45) is 6.03. The summed E-state index contributed by atoms with van der Waals surface area (Å²) in [5.41, 5.74) is -0.207. The maximum absolute atomic E-state index is 12.8. The highest BCUT2D eigenvalue weighted by Gasteiger charge is 2.50. The molecule has 0 bridgehead atoms. The summed E-state index contributed by atoms with van der Waals surface area (Å²) in [6.45, 7) is 1.68. The molecule has 2 aromatic heterocycles. The van der Waals surface area contributed by atoms with Crippen molar-refractivity contribution in [2.75, 3.05) is 7.11 Å². The van der Waals surface area contributed by atoms with E-state index in [1.165, 1.54) is 25.7 Å². The molecule has 8 nitrogen and oxygen atoms in total. The molecular formula is C15H15N5O3. The normalized spacial score (nSPS) is 20.5. The van der Waals surface area contributed by atoms with Crippen molar-refractivity contribution in [3.8, 4) is 5.88 Å². The Balaban J connectivity index is 1.90. The molecule has 23 heavy (non-hydrogen) atoms. The van der Waals surface area contributed by atoms with Gasteiger partial charge >= 0.3 is 6.03 Å². The van der Waals surface area contributed by atoms with Gasteiger partial charge in [0, 0.05) is 24.2 Å². The Kier molecular flexibility index (Phi) is 3.65. The van der Waals surface area contributed by atoms with E-state index in [9.17, 15) is 9.59 Å². The topological polar surface area (TPSA) is 97.3 Å². The van der Waals surface area contributed by atoms with Crippen LogP contribution in [0.2, 0.25) is 0 Å². The van der Waals surface area contributed by atoms with Crippen molar-refractivity contribution < 1.29 is 14.3 Å². The molecule has 1 N–H and O–H groups in total. The number of hydrogen-bond acceptors (Lipinski definition) is 6. The number of ether oxygens (including phenoxy) is 1. The van der Waals surface area contributed by atoms with E-state index in [0.29, 0.717) is 17.1 Å². The van der Waals surface area contributed by atoms with E-state index in [1.54, 1.807) is 25.3 Å². The average molecular weight is 313 g/mol. The van der Waals surface area contributed by atoms with Crippen molar-refractivity contribution in [1.29, 1.82) is 0 Å². The van der Waals surface area contributed by atoms with Gasteiger partial charge in [-0.1, -0.05) is 6.07 Å². The molecule has 8 heteroatoms. The minimum absolute atomic E-state index is 0.0670. The van der Waals surface area contributed by atoms with Gasteiger partial charge in [0.1, 0.15) is 0 Å². The van der Waals surface area contributed by atoms with Crippen LogP contribution in [-0.2, 0) is 16.9 Å². The molecule has 3 heterocycles. The number of hydrogen-bond donors (Lipinski definition) is 1. The SMILES string of the molecule is COc1ncccc1CN1C(=O)NC(C)(c2cnccn2)C1=O. The molecule has 1 fully saturated rings. The largest absolute Gasteiger partial charge is 0.481 e. The first-order valence-electron chi connectivity index (χ1n) is 6.94. The number of urea groups is 1. The molecule has 2 aromatic rings. The molecule has 3 rings (SSSR count). The van der Waals surface area contributed by atoms with Crippen LogP contribution in [-0.4, -0.2) is 38.9 Å². The fraction of sp³-hybridized carbons (Fsp3) is 0.267. The van der Waals surface area contributed by atoms with Crippen LogP contribution in [0, 0.1) is 0 Å². The van der Waals surface area contributed by atoms with Crippen molar-refractivity contribution in [1.82, 2.24) is 25.2 Å². The Hall–Kier alpha value is -3.03. The molecule has 1 saturated heterocycles. The van der Waals surface area contributed by atoms with Gasteiger partial charge in [-0.3, -0.25) is 19.7 Å². The highest BCUT2D eigenvalue weighted by molar-refractivity contribution is 6.06. The lowest BCUT2D eigenvalue weighted by Crippen LogP contribution is -2.41. The van der Waals surface area contributed by atoms with Crippen LogP contribution in [0.25, 0.3) is 0 Å². The van der Waals surface area contributed by atoms with Crippen LogP contribution in [0.15, 0.2) is 36.9 Å². The zero-order valence-electron chi connectivity index (χ0n) is 12.7. The van der Waals surface area contributed by atoms with Crippen LogP contribution >= 0.6 is 0 Å². The van der Waals surface area contributed by atoms with Crippen molar-refractivity contribution in [3.63, 3.8) is 0 Å². The summed E-state index contributed by atoms with van der Waals surface area (Å²) in [7, 11) is 1.49. The number of nitrogens with one attached hydrogen (secondary N) is 1. The maximum Gasteiger partial charge on any atom is 0.325 e. The molecule has 1 atom stereocenters. The molecule has 0 spiro atoms. The first-order chi connectivity index (χ1) is 11.1. The van der Waals surface area contributed by atoms with Gasteiger partial charge in [-0.25, -0.2) is 9.78 Å². The summed E-state index contributed by atoms with van der Waals surface area (Å²) in [5, 5.41) is 2.68. The summed E-state index contributed by atoms with van der Waals surface area (Å²) >= 11 is 0. The van der Waals surface area contributed by atoms with Crippen LogP contribution in [0.3, 0.4) is 0 Å². The Morgan fingerprint density at radius 3 is 2.78 bits per heavy atom. The smallest absolute Gasteiger partial charge is 0.325 e. The van der Waals surface area contributed by atoms with E-state index >= 15 is 0 Å². The zero-order chi connectivity index (χ0) is 16.4. The molecular weight excluding hydrogens is 298 g/mol. The van der Waals surface area contributed by atoms with Gasteiger partial charge in [-0.15, -0.1) is 0 Å². The summed E-state index contributed by atoms with van der Waals surface area (Å²) in [5.74, 6) is -0.0184. The molecule has 0 radical (unpaired) electrons. The molecule has 3 amide bonds. The quantitative estimate of drug-likeness (QED) is 0.840. The summed E-state index contributed by atoms with van der Waals surface area (Å²) in [4.78, 5) is 38.3. The molecule has 0 saturated carbocycles. The Bertz CT molecular complexity index is 752. The van der Waals surface area contributed by atoms with Gasteiger partial charge in [-0.2, -0.15) is 0 Å². The van der Waals surface area contributed by atoms with Gasteiger partial charge in [0.25, 0.3) is 5.91 Å². The standard InChI is InChI=1S/C15H15N5O3/c1-15(11-8-16-6-7-17-11)13(21)20(14(22)19-15)9-10-4-3-5-18-12(10)23-2/h3-8H,9H2,1-2H3,(H,19,22). The van der Waals surface area contributed by atoms with Gasteiger partial charge < -0.3 is 10.1 Å². The second-order valence-corrected chi connectivity index (χ2v) is 5.21. The van der Waals surface area contributed by atoms with Gasteiger partial charge in [0.15, 0.2) is 5.54 Å². The average Bonchev–Trinajstić information content (AvgIpc) is 2.80. The van der Waals surface area contributed by atoms with E-state index in [0.717, 1.165) is 4.90 Å². The first kappa shape index (κ1) is 14.9. The lowest BCUT2D eigenvalue weighted by Gasteiger charge is -2.20. The number of carbonyl (C=O) groups excluding carboxylic acids is 2. The Morgan fingerprint density at radius 1 is 1.26 bits per heavy atom. The Morgan fingerprint density at radius 2 is 2.09 bits per heavy atom. The van der Waals surface area contributed by atoms with Gasteiger partial charge in [-0.05, 0) is 13.0 Å². The fourth-order valence-electron chi connectivity index (χ4n) is 2.47. The zero-order valence-corrected chi connectivity index (χ0v) is 12.7. The summed E-state index contributed by atoms with van der Waals surface area (Å²) < 4.78 is 5.16. The maximum atomic E-state index is 12.8. The van der Waals surface area contributed by atoms with E-state index in [-0.39, 0.29) is 6.54 Å². The first-order valence-corrected chi connectivity index (χ1v) is 6.94. The minimum Gasteiger partial charge on any atom is -0.481 e. The lowest BCUT2D eigenvalue weighted by molar-refractivity contribution is -0.131. The highest BCUT2D eigenvalue weighted by Crippen LogP contribution is 2.29. The van der Waals surface area contributed by atoms with Gasteiger partial charge in [0.05, 0.1) is 25.5 Å². The molecule has 1 unspecified atom stereocenters. The monoisotopic (exact) mass is 313 g/mol. The van der Waals surface area contributed by atoms with Crippen molar-refractivity contribution in [2.24, 2.45) is 0 Å². The predicted molar refractivity (Wildman–Crippen MR) is 79.3 cm³/mol. The Labute approximate surface area is 132 Å². The highest BCUT2D eigenvalue weighted by atomic mass is 16.5. The van der Waals surface area contributed by atoms with Crippen LogP contribution in [0.1, 0.15) is 18.2 Å². The molecule has 0 aromatic carbocycles. The summed E-state index contributed by atoms with van der Waals surface area (Å²) in [6, 6.07) is 2.98. The number of nitrogens with zero attached hydrogens (tertiary/aromatic N) is 4. The number of imide groups is 1. The number of carbonyl (C=O) groups is 2.